The third kappa shape index (κ3) is 6.90. The molecule has 3 rings (SSSR count). The highest BCUT2D eigenvalue weighted by atomic mass is 127. The van der Waals surface area contributed by atoms with Gasteiger partial charge in [0.15, 0.2) is 5.96 Å². The van der Waals surface area contributed by atoms with Crippen molar-refractivity contribution in [2.45, 2.75) is 57.9 Å². The van der Waals surface area contributed by atoms with Crippen molar-refractivity contribution in [3.8, 4) is 0 Å². The van der Waals surface area contributed by atoms with E-state index in [0.29, 0.717) is 12.0 Å². The molecule has 160 valence electrons. The average molecular weight is 502 g/mol. The van der Waals surface area contributed by atoms with Gasteiger partial charge < -0.3 is 19.7 Å². The van der Waals surface area contributed by atoms with Crippen LogP contribution >= 0.6 is 24.0 Å². The first kappa shape index (κ1) is 23.4. The second kappa shape index (κ2) is 12.7. The molecule has 0 aromatic carbocycles. The monoisotopic (exact) mass is 502 g/mol. The van der Waals surface area contributed by atoms with Crippen molar-refractivity contribution >= 4 is 29.9 Å². The number of nitrogens with zero attached hydrogens (tertiary/aromatic N) is 5. The molecule has 2 aliphatic rings. The summed E-state index contributed by atoms with van der Waals surface area (Å²) in [5, 5.41) is 3.60. The summed E-state index contributed by atoms with van der Waals surface area (Å²) in [4.78, 5) is 13.8. The van der Waals surface area contributed by atoms with Crippen LogP contribution in [0.1, 0.15) is 57.9 Å². The zero-order valence-corrected chi connectivity index (χ0v) is 20.1. The molecule has 3 heterocycles. The molecule has 2 unspecified atom stereocenters. The Morgan fingerprint density at radius 2 is 1.96 bits per heavy atom. The van der Waals surface area contributed by atoms with E-state index in [0.717, 1.165) is 25.6 Å². The smallest absolute Gasteiger partial charge is 0.193 e. The van der Waals surface area contributed by atoms with Gasteiger partial charge in [-0.25, -0.2) is 4.98 Å². The van der Waals surface area contributed by atoms with Gasteiger partial charge in [-0.3, -0.25) is 4.99 Å². The summed E-state index contributed by atoms with van der Waals surface area (Å²) in [5.74, 6) is 1.73. The van der Waals surface area contributed by atoms with E-state index in [4.69, 9.17) is 0 Å². The van der Waals surface area contributed by atoms with Gasteiger partial charge in [0.2, 0.25) is 0 Å². The molecule has 1 aromatic heterocycles. The molecule has 2 saturated heterocycles. The van der Waals surface area contributed by atoms with Crippen molar-refractivity contribution in [2.24, 2.45) is 10.9 Å². The van der Waals surface area contributed by atoms with Crippen LogP contribution in [0.15, 0.2) is 23.7 Å². The molecular weight excluding hydrogens is 463 g/mol. The van der Waals surface area contributed by atoms with Gasteiger partial charge in [0.1, 0.15) is 0 Å². The van der Waals surface area contributed by atoms with Gasteiger partial charge in [-0.1, -0.05) is 19.8 Å². The lowest BCUT2D eigenvalue weighted by Gasteiger charge is -2.39. The number of piperidine rings is 2. The van der Waals surface area contributed by atoms with Gasteiger partial charge in [0.25, 0.3) is 0 Å². The fourth-order valence-corrected chi connectivity index (χ4v) is 4.45. The molecule has 0 bridgehead atoms. The Bertz CT molecular complexity index is 555. The van der Waals surface area contributed by atoms with Gasteiger partial charge in [0, 0.05) is 39.1 Å². The molecule has 0 aliphatic carbocycles. The maximum absolute atomic E-state index is 4.54. The minimum atomic E-state index is 0. The molecule has 1 aromatic rings. The SMILES string of the molecule is CN=C(NCCCCCN1CCCCC1)N1CCC(C)C(n2ccnc2)C1.I. The molecule has 0 saturated carbocycles. The lowest BCUT2D eigenvalue weighted by molar-refractivity contribution is 0.189. The van der Waals surface area contributed by atoms with E-state index in [-0.39, 0.29) is 24.0 Å². The summed E-state index contributed by atoms with van der Waals surface area (Å²) < 4.78 is 2.25. The Labute approximate surface area is 188 Å². The summed E-state index contributed by atoms with van der Waals surface area (Å²) in [6.45, 7) is 9.38. The number of hydrogen-bond acceptors (Lipinski definition) is 3. The van der Waals surface area contributed by atoms with Crippen LogP contribution in [-0.4, -0.2) is 71.6 Å². The molecule has 0 radical (unpaired) electrons. The fourth-order valence-electron chi connectivity index (χ4n) is 4.45. The summed E-state index contributed by atoms with van der Waals surface area (Å²) in [5.41, 5.74) is 0. The van der Waals surface area contributed by atoms with Gasteiger partial charge in [-0.15, -0.1) is 24.0 Å². The third-order valence-corrected chi connectivity index (χ3v) is 6.22. The topological polar surface area (TPSA) is 48.7 Å². The molecule has 1 N–H and O–H groups in total. The van der Waals surface area contributed by atoms with E-state index in [1.165, 1.54) is 64.6 Å². The highest BCUT2D eigenvalue weighted by Gasteiger charge is 2.28. The van der Waals surface area contributed by atoms with E-state index in [2.05, 4.69) is 42.8 Å². The van der Waals surface area contributed by atoms with Crippen LogP contribution in [0.2, 0.25) is 0 Å². The zero-order chi connectivity index (χ0) is 18.9. The van der Waals surface area contributed by atoms with Gasteiger partial charge in [-0.05, 0) is 57.7 Å². The van der Waals surface area contributed by atoms with Crippen molar-refractivity contribution in [1.82, 2.24) is 24.7 Å². The predicted molar refractivity (Wildman–Crippen MR) is 128 cm³/mol. The molecule has 2 aliphatic heterocycles. The number of hydrogen-bond donors (Lipinski definition) is 1. The van der Waals surface area contributed by atoms with Crippen LogP contribution in [0, 0.1) is 5.92 Å². The average Bonchev–Trinajstić information content (AvgIpc) is 3.23. The summed E-state index contributed by atoms with van der Waals surface area (Å²) in [7, 11) is 1.91. The van der Waals surface area contributed by atoms with Crippen molar-refractivity contribution in [1.29, 1.82) is 0 Å². The number of imidazole rings is 1. The molecule has 0 amide bonds. The van der Waals surface area contributed by atoms with Crippen LogP contribution in [-0.2, 0) is 0 Å². The first-order valence-corrected chi connectivity index (χ1v) is 10.9. The molecule has 0 spiro atoms. The Kier molecular flexibility index (Phi) is 10.6. The fraction of sp³-hybridized carbons (Fsp3) is 0.810. The summed E-state index contributed by atoms with van der Waals surface area (Å²) in [6, 6.07) is 0.476. The van der Waals surface area contributed by atoms with Crippen LogP contribution in [0.25, 0.3) is 0 Å². The Morgan fingerprint density at radius 1 is 1.14 bits per heavy atom. The van der Waals surface area contributed by atoms with Crippen LogP contribution in [0.4, 0.5) is 0 Å². The molecule has 7 heteroatoms. The first-order valence-electron chi connectivity index (χ1n) is 10.9. The molecule has 28 heavy (non-hydrogen) atoms. The standard InChI is InChI=1S/C21H38N6.HI/c1-19-9-15-26(17-20(19)27-16-11-23-18-27)21(22-2)24-10-5-3-6-12-25-13-7-4-8-14-25;/h11,16,18-20H,3-10,12-15,17H2,1-2H3,(H,22,24);1H. The number of unbranched alkanes of at least 4 members (excludes halogenated alkanes) is 2. The quantitative estimate of drug-likeness (QED) is 0.268. The van der Waals surface area contributed by atoms with Crippen LogP contribution < -0.4 is 5.32 Å². The predicted octanol–water partition coefficient (Wildman–Crippen LogP) is 3.62. The largest absolute Gasteiger partial charge is 0.356 e. The Morgan fingerprint density at radius 3 is 2.68 bits per heavy atom. The number of aliphatic imine (C=N–C) groups is 1. The third-order valence-electron chi connectivity index (χ3n) is 6.22. The van der Waals surface area contributed by atoms with Gasteiger partial charge >= 0.3 is 0 Å². The molecule has 6 nitrogen and oxygen atoms in total. The number of rotatable bonds is 7. The maximum Gasteiger partial charge on any atom is 0.193 e. The first-order chi connectivity index (χ1) is 13.3. The van der Waals surface area contributed by atoms with Gasteiger partial charge in [0.05, 0.1) is 12.4 Å². The van der Waals surface area contributed by atoms with Crippen molar-refractivity contribution in [3.63, 3.8) is 0 Å². The minimum Gasteiger partial charge on any atom is -0.356 e. The highest BCUT2D eigenvalue weighted by Crippen LogP contribution is 2.27. The van der Waals surface area contributed by atoms with Crippen molar-refractivity contribution in [2.75, 3.05) is 46.3 Å². The Balaban J connectivity index is 0.00000280. The lowest BCUT2D eigenvalue weighted by Crippen LogP contribution is -2.49. The van der Waals surface area contributed by atoms with E-state index < -0.39 is 0 Å². The summed E-state index contributed by atoms with van der Waals surface area (Å²) in [6.07, 6.45) is 15.2. The number of nitrogens with one attached hydrogen (secondary N) is 1. The molecular formula is C21H39IN6. The van der Waals surface area contributed by atoms with E-state index in [1.54, 1.807) is 0 Å². The number of aromatic nitrogens is 2. The number of likely N-dealkylation sites (tertiary alicyclic amines) is 2. The number of halogens is 1. The van der Waals surface area contributed by atoms with Crippen LogP contribution in [0.3, 0.4) is 0 Å². The summed E-state index contributed by atoms with van der Waals surface area (Å²) >= 11 is 0. The van der Waals surface area contributed by atoms with Crippen molar-refractivity contribution in [3.05, 3.63) is 18.7 Å². The minimum absolute atomic E-state index is 0. The molecule has 2 fully saturated rings. The van der Waals surface area contributed by atoms with Crippen molar-refractivity contribution < 1.29 is 0 Å². The second-order valence-electron chi connectivity index (χ2n) is 8.23. The zero-order valence-electron chi connectivity index (χ0n) is 17.7. The van der Waals surface area contributed by atoms with E-state index in [1.807, 2.05) is 19.6 Å². The van der Waals surface area contributed by atoms with E-state index >= 15 is 0 Å². The van der Waals surface area contributed by atoms with Gasteiger partial charge in [-0.2, -0.15) is 0 Å². The molecule has 2 atom stereocenters. The van der Waals surface area contributed by atoms with Crippen LogP contribution in [0.5, 0.6) is 0 Å². The number of guanidine groups is 1. The van der Waals surface area contributed by atoms with E-state index in [9.17, 15) is 0 Å². The Hall–Kier alpha value is -0.830. The lowest BCUT2D eigenvalue weighted by atomic mass is 9.93. The second-order valence-corrected chi connectivity index (χ2v) is 8.23. The maximum atomic E-state index is 4.54. The highest BCUT2D eigenvalue weighted by molar-refractivity contribution is 14.0. The normalized spacial score (nSPS) is 24.1.